The molecule has 0 fully saturated rings. The largest absolute Gasteiger partial charge is 0.378 e. The molecule has 0 saturated carbocycles. The fourth-order valence-electron chi connectivity index (χ4n) is 1.95. The summed E-state index contributed by atoms with van der Waals surface area (Å²) < 4.78 is 31.3. The third-order valence-electron chi connectivity index (χ3n) is 2.93. The van der Waals surface area contributed by atoms with Gasteiger partial charge in [-0.15, -0.1) is 0 Å². The second-order valence-corrected chi connectivity index (χ2v) is 6.73. The van der Waals surface area contributed by atoms with Crippen molar-refractivity contribution in [3.05, 3.63) is 66.0 Å². The monoisotopic (exact) mass is 294 g/mol. The summed E-state index contributed by atoms with van der Waals surface area (Å²) in [5, 5.41) is 10.8. The molecule has 0 saturated heterocycles. The Morgan fingerprint density at radius 3 is 2.30 bits per heavy atom. The minimum atomic E-state index is -3.47. The molecule has 5 heteroatoms. The lowest BCUT2D eigenvalue weighted by molar-refractivity contribution is 0.218. The third-order valence-corrected chi connectivity index (χ3v) is 5.53. The van der Waals surface area contributed by atoms with Crippen LogP contribution in [0.3, 0.4) is 0 Å². The highest BCUT2D eigenvalue weighted by Gasteiger charge is 2.35. The normalized spacial score (nSPS) is 15.6. The maximum atomic E-state index is 13.0. The van der Waals surface area contributed by atoms with Crippen molar-refractivity contribution in [3.8, 4) is 0 Å². The van der Waals surface area contributed by atoms with Gasteiger partial charge in [-0.2, -0.15) is 0 Å². The first-order valence-electron chi connectivity index (χ1n) is 6.31. The van der Waals surface area contributed by atoms with E-state index in [1.54, 1.807) is 37.3 Å². The van der Waals surface area contributed by atoms with Gasteiger partial charge in [0, 0.05) is 5.30 Å². The van der Waals surface area contributed by atoms with Gasteiger partial charge < -0.3 is 9.63 Å². The summed E-state index contributed by atoms with van der Waals surface area (Å²) in [4.78, 5) is 0. The van der Waals surface area contributed by atoms with Crippen LogP contribution < -0.4 is 5.30 Å². The molecule has 3 nitrogen and oxygen atoms in total. The molecule has 0 aromatic heterocycles. The maximum Gasteiger partial charge on any atom is 0.264 e. The summed E-state index contributed by atoms with van der Waals surface area (Å²) in [6.07, 6.45) is 0. The Kier molecular flexibility index (Phi) is 4.71. The number of hydrogen-bond acceptors (Lipinski definition) is 3. The zero-order chi connectivity index (χ0) is 14.6. The summed E-state index contributed by atoms with van der Waals surface area (Å²) in [5.74, 6) is -1.72. The Balaban J connectivity index is 2.42. The molecule has 0 unspecified atom stereocenters. The predicted molar refractivity (Wildman–Crippen MR) is 76.7 cm³/mol. The van der Waals surface area contributed by atoms with Gasteiger partial charge >= 0.3 is 0 Å². The second kappa shape index (κ2) is 6.31. The highest BCUT2D eigenvalue weighted by atomic mass is 31.2. The van der Waals surface area contributed by atoms with Crippen molar-refractivity contribution < 1.29 is 18.6 Å². The Morgan fingerprint density at radius 1 is 1.15 bits per heavy atom. The van der Waals surface area contributed by atoms with Gasteiger partial charge in [0.05, 0.1) is 6.61 Å². The molecule has 2 atom stereocenters. The number of aliphatic hydroxyl groups excluding tert-OH is 1. The Hall–Kier alpha value is -1.48. The summed E-state index contributed by atoms with van der Waals surface area (Å²) in [6.45, 7) is 1.93. The summed E-state index contributed by atoms with van der Waals surface area (Å²) in [5.41, 5.74) is 0.368. The predicted octanol–water partition coefficient (Wildman–Crippen LogP) is 3.46. The molecule has 2 rings (SSSR count). The zero-order valence-electron chi connectivity index (χ0n) is 11.1. The first-order chi connectivity index (χ1) is 9.58. The van der Waals surface area contributed by atoms with E-state index in [0.717, 1.165) is 0 Å². The van der Waals surface area contributed by atoms with Crippen molar-refractivity contribution in [2.45, 2.75) is 12.8 Å². The molecule has 106 valence electrons. The van der Waals surface area contributed by atoms with Gasteiger partial charge in [-0.05, 0) is 36.8 Å². The highest BCUT2D eigenvalue weighted by Crippen LogP contribution is 2.57. The molecule has 2 aromatic carbocycles. The minimum absolute atomic E-state index is 0.213. The van der Waals surface area contributed by atoms with E-state index in [1.165, 1.54) is 24.3 Å². The second-order valence-electron chi connectivity index (χ2n) is 4.28. The van der Waals surface area contributed by atoms with Gasteiger partial charge in [0.25, 0.3) is 7.37 Å². The number of rotatable bonds is 5. The molecular formula is C15H16FO3P. The summed E-state index contributed by atoms with van der Waals surface area (Å²) in [6, 6.07) is 13.8. The number of halogens is 1. The molecule has 0 aliphatic heterocycles. The van der Waals surface area contributed by atoms with Crippen LogP contribution in [0.4, 0.5) is 4.39 Å². The molecule has 0 spiro atoms. The van der Waals surface area contributed by atoms with Gasteiger partial charge in [0.15, 0.2) is 5.85 Å². The van der Waals surface area contributed by atoms with Crippen LogP contribution in [0, 0.1) is 5.82 Å². The van der Waals surface area contributed by atoms with E-state index in [4.69, 9.17) is 4.52 Å². The molecule has 1 N–H and O–H groups in total. The van der Waals surface area contributed by atoms with E-state index in [1.807, 2.05) is 0 Å². The van der Waals surface area contributed by atoms with Crippen molar-refractivity contribution in [2.75, 3.05) is 6.61 Å². The van der Waals surface area contributed by atoms with E-state index in [9.17, 15) is 14.1 Å². The highest BCUT2D eigenvalue weighted by molar-refractivity contribution is 7.67. The van der Waals surface area contributed by atoms with Crippen molar-refractivity contribution in [1.29, 1.82) is 0 Å². The molecule has 0 heterocycles. The van der Waals surface area contributed by atoms with Crippen LogP contribution in [0.2, 0.25) is 0 Å². The molecule has 0 radical (unpaired) electrons. The number of hydrogen-bond donors (Lipinski definition) is 1. The molecule has 0 amide bonds. The van der Waals surface area contributed by atoms with Crippen LogP contribution in [-0.2, 0) is 9.09 Å². The molecule has 2 aromatic rings. The molecule has 0 aliphatic carbocycles. The fraction of sp³-hybridized carbons (Fsp3) is 0.200. The van der Waals surface area contributed by atoms with Gasteiger partial charge in [0.2, 0.25) is 0 Å². The molecular weight excluding hydrogens is 278 g/mol. The van der Waals surface area contributed by atoms with Crippen LogP contribution in [0.25, 0.3) is 0 Å². The van der Waals surface area contributed by atoms with Crippen LogP contribution in [0.1, 0.15) is 18.3 Å². The van der Waals surface area contributed by atoms with Gasteiger partial charge in [0.1, 0.15) is 5.82 Å². The van der Waals surface area contributed by atoms with Crippen LogP contribution >= 0.6 is 7.37 Å². The standard InChI is InChI=1S/C15H16FO3P/c1-2-19-20(18,14-6-4-3-5-7-14)15(17)12-8-10-13(16)11-9-12/h3-11,15,17H,2H2,1H3/t15-,20-/m0/s1. The van der Waals surface area contributed by atoms with Crippen molar-refractivity contribution in [3.63, 3.8) is 0 Å². The zero-order valence-corrected chi connectivity index (χ0v) is 12.0. The third kappa shape index (κ3) is 2.98. The Labute approximate surface area is 117 Å². The van der Waals surface area contributed by atoms with E-state index < -0.39 is 19.0 Å². The van der Waals surface area contributed by atoms with E-state index in [-0.39, 0.29) is 6.61 Å². The first-order valence-corrected chi connectivity index (χ1v) is 8.00. The maximum absolute atomic E-state index is 13.0. The van der Waals surface area contributed by atoms with Gasteiger partial charge in [-0.25, -0.2) is 4.39 Å². The quantitative estimate of drug-likeness (QED) is 0.859. The summed E-state index contributed by atoms with van der Waals surface area (Å²) in [7, 11) is -3.47. The lowest BCUT2D eigenvalue weighted by Gasteiger charge is -2.23. The van der Waals surface area contributed by atoms with Crippen molar-refractivity contribution >= 4 is 12.7 Å². The Morgan fingerprint density at radius 2 is 1.75 bits per heavy atom. The van der Waals surface area contributed by atoms with Crippen LogP contribution in [-0.4, -0.2) is 11.7 Å². The SMILES string of the molecule is CCO[P@@](=O)(c1ccccc1)[C@H](O)c1ccc(F)cc1. The van der Waals surface area contributed by atoms with E-state index in [2.05, 4.69) is 0 Å². The topological polar surface area (TPSA) is 46.5 Å². The average Bonchev–Trinajstić information content (AvgIpc) is 2.48. The fourth-order valence-corrected chi connectivity index (χ4v) is 4.05. The minimum Gasteiger partial charge on any atom is -0.378 e. The molecule has 0 bridgehead atoms. The van der Waals surface area contributed by atoms with Gasteiger partial charge in [-0.1, -0.05) is 30.3 Å². The van der Waals surface area contributed by atoms with Crippen LogP contribution in [0.5, 0.6) is 0 Å². The lowest BCUT2D eigenvalue weighted by Crippen LogP contribution is -2.14. The van der Waals surface area contributed by atoms with E-state index in [0.29, 0.717) is 10.9 Å². The molecule has 0 aliphatic rings. The average molecular weight is 294 g/mol. The van der Waals surface area contributed by atoms with E-state index >= 15 is 0 Å². The van der Waals surface area contributed by atoms with Crippen molar-refractivity contribution in [1.82, 2.24) is 0 Å². The van der Waals surface area contributed by atoms with Crippen LogP contribution in [0.15, 0.2) is 54.6 Å². The molecule has 20 heavy (non-hydrogen) atoms. The van der Waals surface area contributed by atoms with Crippen molar-refractivity contribution in [2.24, 2.45) is 0 Å². The number of aliphatic hydroxyl groups is 1. The smallest absolute Gasteiger partial charge is 0.264 e. The Bertz CT molecular complexity index is 598. The van der Waals surface area contributed by atoms with Gasteiger partial charge in [-0.3, -0.25) is 4.57 Å². The summed E-state index contributed by atoms with van der Waals surface area (Å²) >= 11 is 0. The lowest BCUT2D eigenvalue weighted by atomic mass is 10.2. The number of benzene rings is 2. The first kappa shape index (κ1) is 14.9.